The van der Waals surface area contributed by atoms with Gasteiger partial charge >= 0.3 is 0 Å². The van der Waals surface area contributed by atoms with E-state index in [0.29, 0.717) is 6.42 Å². The van der Waals surface area contributed by atoms with Crippen molar-refractivity contribution in [1.82, 2.24) is 0 Å². The van der Waals surface area contributed by atoms with Gasteiger partial charge in [0.05, 0.1) is 6.26 Å². The summed E-state index contributed by atoms with van der Waals surface area (Å²) in [6.07, 6.45) is 3.99. The first-order valence-corrected chi connectivity index (χ1v) is 7.19. The van der Waals surface area contributed by atoms with Crippen LogP contribution in [0.3, 0.4) is 0 Å². The number of hydrogen-bond donors (Lipinski definition) is 1. The van der Waals surface area contributed by atoms with Crippen LogP contribution in [0.4, 0.5) is 5.69 Å². The van der Waals surface area contributed by atoms with Crippen LogP contribution in [0.15, 0.2) is 34.9 Å². The second kappa shape index (κ2) is 5.33. The number of alkyl halides is 1. The molecule has 0 saturated carbocycles. The van der Waals surface area contributed by atoms with Crippen molar-refractivity contribution in [2.24, 2.45) is 0 Å². The van der Waals surface area contributed by atoms with E-state index >= 15 is 0 Å². The van der Waals surface area contributed by atoms with E-state index in [-0.39, 0.29) is 11.3 Å². The van der Waals surface area contributed by atoms with Gasteiger partial charge in [-0.2, -0.15) is 0 Å². The van der Waals surface area contributed by atoms with Gasteiger partial charge in [0.25, 0.3) is 0 Å². The second-order valence-corrected chi connectivity index (χ2v) is 5.59. The van der Waals surface area contributed by atoms with Crippen molar-refractivity contribution in [3.8, 4) is 0 Å². The van der Waals surface area contributed by atoms with E-state index < -0.39 is 0 Å². The predicted octanol–water partition coefficient (Wildman–Crippen LogP) is 4.19. The number of anilines is 1. The average Bonchev–Trinajstić information content (AvgIpc) is 2.76. The summed E-state index contributed by atoms with van der Waals surface area (Å²) in [5.74, 6) is 0.866. The molecule has 1 aliphatic heterocycles. The van der Waals surface area contributed by atoms with Crippen molar-refractivity contribution in [1.29, 1.82) is 0 Å². The molecular weight excluding hydrogens is 274 g/mol. The molecule has 1 N–H and O–H groups in total. The van der Waals surface area contributed by atoms with Crippen LogP contribution in [-0.2, 0) is 11.2 Å². The third-order valence-corrected chi connectivity index (χ3v) is 4.13. The Labute approximate surface area is 122 Å². The fourth-order valence-electron chi connectivity index (χ4n) is 2.55. The lowest BCUT2D eigenvalue weighted by Gasteiger charge is -2.13. The molecular formula is C16H16ClNO2. The van der Waals surface area contributed by atoms with Crippen molar-refractivity contribution in [2.75, 3.05) is 5.32 Å². The number of aryl methyl sites for hydroxylation is 2. The molecule has 4 heteroatoms. The average molecular weight is 290 g/mol. The van der Waals surface area contributed by atoms with Crippen LogP contribution in [-0.4, -0.2) is 5.91 Å². The lowest BCUT2D eigenvalue weighted by Crippen LogP contribution is -2.09. The Morgan fingerprint density at radius 3 is 2.90 bits per heavy atom. The molecule has 1 amide bonds. The minimum Gasteiger partial charge on any atom is -0.467 e. The van der Waals surface area contributed by atoms with Crippen molar-refractivity contribution >= 4 is 23.2 Å². The molecule has 2 heterocycles. The maximum atomic E-state index is 11.5. The number of carbonyl (C=O) groups excluding carboxylic acids is 1. The van der Waals surface area contributed by atoms with Crippen molar-refractivity contribution < 1.29 is 9.21 Å². The number of rotatable bonds is 2. The molecule has 0 bridgehead atoms. The van der Waals surface area contributed by atoms with E-state index in [0.717, 1.165) is 41.0 Å². The molecule has 0 spiro atoms. The number of carbonyl (C=O) groups is 1. The summed E-state index contributed by atoms with van der Waals surface area (Å²) in [4.78, 5) is 11.5. The SMILES string of the molecule is Cc1ccoc1C(Cl)c1ccc2c(c1)CCCC(=O)N2. The lowest BCUT2D eigenvalue weighted by atomic mass is 10.0. The number of amides is 1. The van der Waals surface area contributed by atoms with Gasteiger partial charge < -0.3 is 9.73 Å². The molecule has 2 aromatic rings. The van der Waals surface area contributed by atoms with E-state index in [1.807, 2.05) is 25.1 Å². The van der Waals surface area contributed by atoms with Gasteiger partial charge in [0.1, 0.15) is 11.1 Å². The molecule has 1 unspecified atom stereocenters. The third-order valence-electron chi connectivity index (χ3n) is 3.68. The summed E-state index contributed by atoms with van der Waals surface area (Å²) in [7, 11) is 0. The summed E-state index contributed by atoms with van der Waals surface area (Å²) in [5.41, 5.74) is 4.09. The minimum atomic E-state index is -0.297. The zero-order chi connectivity index (χ0) is 14.1. The maximum Gasteiger partial charge on any atom is 0.224 e. The number of benzene rings is 1. The summed E-state index contributed by atoms with van der Waals surface area (Å²) in [6, 6.07) is 7.86. The Morgan fingerprint density at radius 2 is 2.15 bits per heavy atom. The van der Waals surface area contributed by atoms with Gasteiger partial charge in [-0.15, -0.1) is 11.6 Å². The molecule has 1 aromatic heterocycles. The Balaban J connectivity index is 1.94. The molecule has 20 heavy (non-hydrogen) atoms. The number of furan rings is 1. The van der Waals surface area contributed by atoms with E-state index in [4.69, 9.17) is 16.0 Å². The predicted molar refractivity (Wildman–Crippen MR) is 79.2 cm³/mol. The van der Waals surface area contributed by atoms with Gasteiger partial charge in [0.15, 0.2) is 0 Å². The first kappa shape index (κ1) is 13.3. The van der Waals surface area contributed by atoms with Gasteiger partial charge in [-0.05, 0) is 48.6 Å². The Hall–Kier alpha value is -1.74. The molecule has 1 aromatic carbocycles. The van der Waals surface area contributed by atoms with Gasteiger partial charge in [0, 0.05) is 12.1 Å². The van der Waals surface area contributed by atoms with Gasteiger partial charge in [-0.3, -0.25) is 4.79 Å². The molecule has 0 fully saturated rings. The van der Waals surface area contributed by atoms with Crippen LogP contribution in [0.1, 0.15) is 40.7 Å². The van der Waals surface area contributed by atoms with Gasteiger partial charge in [-0.1, -0.05) is 12.1 Å². The Kier molecular flexibility index (Phi) is 3.53. The number of halogens is 1. The molecule has 0 radical (unpaired) electrons. The maximum absolute atomic E-state index is 11.5. The van der Waals surface area contributed by atoms with Gasteiger partial charge in [-0.25, -0.2) is 0 Å². The third kappa shape index (κ3) is 2.46. The van der Waals surface area contributed by atoms with Gasteiger partial charge in [0.2, 0.25) is 5.91 Å². The number of nitrogens with one attached hydrogen (secondary N) is 1. The summed E-state index contributed by atoms with van der Waals surface area (Å²) >= 11 is 6.51. The fraction of sp³-hybridized carbons (Fsp3) is 0.312. The van der Waals surface area contributed by atoms with Crippen LogP contribution in [0.5, 0.6) is 0 Å². The second-order valence-electron chi connectivity index (χ2n) is 5.15. The summed E-state index contributed by atoms with van der Waals surface area (Å²) in [5, 5.41) is 2.63. The highest BCUT2D eigenvalue weighted by Gasteiger charge is 2.19. The van der Waals surface area contributed by atoms with Crippen LogP contribution >= 0.6 is 11.6 Å². The van der Waals surface area contributed by atoms with E-state index in [1.54, 1.807) is 6.26 Å². The topological polar surface area (TPSA) is 42.2 Å². The smallest absolute Gasteiger partial charge is 0.224 e. The highest BCUT2D eigenvalue weighted by atomic mass is 35.5. The highest BCUT2D eigenvalue weighted by molar-refractivity contribution is 6.22. The van der Waals surface area contributed by atoms with E-state index in [1.165, 1.54) is 0 Å². The molecule has 1 atom stereocenters. The Bertz CT molecular complexity index is 648. The van der Waals surface area contributed by atoms with Crippen LogP contribution in [0, 0.1) is 6.92 Å². The first-order valence-electron chi connectivity index (χ1n) is 6.76. The normalized spacial score (nSPS) is 16.2. The molecule has 104 valence electrons. The molecule has 0 aliphatic carbocycles. The molecule has 3 rings (SSSR count). The van der Waals surface area contributed by atoms with Crippen molar-refractivity contribution in [2.45, 2.75) is 31.6 Å². The first-order chi connectivity index (χ1) is 9.65. The largest absolute Gasteiger partial charge is 0.467 e. The minimum absolute atomic E-state index is 0.0841. The standard InChI is InChI=1S/C16H16ClNO2/c1-10-7-8-20-16(10)15(17)12-5-6-13-11(9-12)3-2-4-14(19)18-13/h5-9,15H,2-4H2,1H3,(H,18,19). The zero-order valence-electron chi connectivity index (χ0n) is 11.3. The summed E-state index contributed by atoms with van der Waals surface area (Å²) < 4.78 is 5.46. The van der Waals surface area contributed by atoms with Crippen LogP contribution in [0.2, 0.25) is 0 Å². The van der Waals surface area contributed by atoms with Crippen LogP contribution < -0.4 is 5.32 Å². The monoisotopic (exact) mass is 289 g/mol. The molecule has 3 nitrogen and oxygen atoms in total. The van der Waals surface area contributed by atoms with Crippen LogP contribution in [0.25, 0.3) is 0 Å². The zero-order valence-corrected chi connectivity index (χ0v) is 12.0. The molecule has 1 aliphatic rings. The molecule has 0 saturated heterocycles. The highest BCUT2D eigenvalue weighted by Crippen LogP contribution is 2.34. The Morgan fingerprint density at radius 1 is 1.30 bits per heavy atom. The summed E-state index contributed by atoms with van der Waals surface area (Å²) in [6.45, 7) is 1.98. The fourth-order valence-corrected chi connectivity index (χ4v) is 2.91. The quantitative estimate of drug-likeness (QED) is 0.842. The lowest BCUT2D eigenvalue weighted by molar-refractivity contribution is -0.116. The number of hydrogen-bond acceptors (Lipinski definition) is 2. The van der Waals surface area contributed by atoms with E-state index in [2.05, 4.69) is 11.4 Å². The van der Waals surface area contributed by atoms with E-state index in [9.17, 15) is 4.79 Å². The van der Waals surface area contributed by atoms with Crippen molar-refractivity contribution in [3.63, 3.8) is 0 Å². The van der Waals surface area contributed by atoms with Crippen molar-refractivity contribution in [3.05, 3.63) is 53.0 Å². The number of fused-ring (bicyclic) bond motifs is 1.